The average molecular weight is 394 g/mol. The Labute approximate surface area is 168 Å². The van der Waals surface area contributed by atoms with Gasteiger partial charge in [-0.15, -0.1) is 0 Å². The molecule has 2 aromatic carbocycles. The van der Waals surface area contributed by atoms with Gasteiger partial charge >= 0.3 is 0 Å². The third-order valence-electron chi connectivity index (χ3n) is 4.75. The maximum absolute atomic E-state index is 12.4. The van der Waals surface area contributed by atoms with Gasteiger partial charge in [0, 0.05) is 24.7 Å². The van der Waals surface area contributed by atoms with Crippen molar-refractivity contribution in [1.82, 2.24) is 5.32 Å². The van der Waals surface area contributed by atoms with Crippen LogP contribution in [0, 0.1) is 0 Å². The maximum atomic E-state index is 12.4. The fourth-order valence-electron chi connectivity index (χ4n) is 3.38. The third kappa shape index (κ3) is 4.34. The van der Waals surface area contributed by atoms with Gasteiger partial charge in [-0.05, 0) is 55.0 Å². The normalized spacial score (nSPS) is 17.8. The molecule has 4 rings (SSSR count). The van der Waals surface area contributed by atoms with E-state index in [0.717, 1.165) is 17.0 Å². The van der Waals surface area contributed by atoms with Gasteiger partial charge in [0.1, 0.15) is 5.75 Å². The minimum Gasteiger partial charge on any atom is -0.494 e. The highest BCUT2D eigenvalue weighted by Gasteiger charge is 2.31. The van der Waals surface area contributed by atoms with E-state index in [-0.39, 0.29) is 31.1 Å². The van der Waals surface area contributed by atoms with Gasteiger partial charge in [0.25, 0.3) is 0 Å². The molecule has 2 aromatic rings. The molecule has 0 radical (unpaired) electrons. The molecule has 1 saturated heterocycles. The smallest absolute Gasteiger partial charge is 0.244 e. The van der Waals surface area contributed by atoms with Gasteiger partial charge in [-0.1, -0.05) is 6.07 Å². The Morgan fingerprint density at radius 3 is 2.79 bits per heavy atom. The van der Waals surface area contributed by atoms with Gasteiger partial charge in [0.2, 0.25) is 18.6 Å². The summed E-state index contributed by atoms with van der Waals surface area (Å²) in [5, 5.41) is 2.89. The van der Waals surface area contributed by atoms with Gasteiger partial charge < -0.3 is 24.4 Å². The van der Waals surface area contributed by atoms with E-state index in [1.807, 2.05) is 49.4 Å². The Morgan fingerprint density at radius 1 is 1.21 bits per heavy atom. The highest BCUT2D eigenvalue weighted by molar-refractivity contribution is 5.98. The van der Waals surface area contributed by atoms with Crippen LogP contribution in [-0.4, -0.2) is 37.8 Å². The summed E-state index contributed by atoms with van der Waals surface area (Å²) in [5.41, 5.74) is 1.63. The van der Waals surface area contributed by atoms with Crippen molar-refractivity contribution in [2.45, 2.75) is 19.4 Å². The number of amides is 2. The summed E-state index contributed by atoms with van der Waals surface area (Å²) < 4.78 is 16.0. The van der Waals surface area contributed by atoms with E-state index in [2.05, 4.69) is 5.32 Å². The second kappa shape index (κ2) is 8.26. The standard InChI is InChI=1S/C22H22N2O5/c1-2-27-18-7-5-17(6-8-18)24-13-16(12-22(24)26)23-21(25)10-4-15-3-9-19-20(11-15)29-14-28-19/h3-11,16H,2,12-14H2,1H3,(H,23,25)/b10-4-/t16-/m0/s1. The van der Waals surface area contributed by atoms with Crippen LogP contribution in [0.5, 0.6) is 17.2 Å². The van der Waals surface area contributed by atoms with Gasteiger partial charge in [0.15, 0.2) is 11.5 Å². The van der Waals surface area contributed by atoms with Crippen molar-refractivity contribution in [2.24, 2.45) is 0 Å². The molecular weight excluding hydrogens is 372 g/mol. The molecule has 0 aromatic heterocycles. The summed E-state index contributed by atoms with van der Waals surface area (Å²) in [7, 11) is 0. The van der Waals surface area contributed by atoms with E-state index >= 15 is 0 Å². The molecule has 2 aliphatic heterocycles. The fourth-order valence-corrected chi connectivity index (χ4v) is 3.38. The van der Waals surface area contributed by atoms with Gasteiger partial charge in [-0.2, -0.15) is 0 Å². The second-order valence-electron chi connectivity index (χ2n) is 6.79. The van der Waals surface area contributed by atoms with Crippen molar-refractivity contribution in [3.05, 3.63) is 54.1 Å². The SMILES string of the molecule is CCOc1ccc(N2C[C@@H](NC(=O)/C=C\c3ccc4c(c3)OCO4)CC2=O)cc1. The lowest BCUT2D eigenvalue weighted by molar-refractivity contribution is -0.117. The largest absolute Gasteiger partial charge is 0.494 e. The number of nitrogens with one attached hydrogen (secondary N) is 1. The fraction of sp³-hybridized carbons (Fsp3) is 0.273. The quantitative estimate of drug-likeness (QED) is 0.763. The molecule has 0 unspecified atom stereocenters. The molecule has 0 bridgehead atoms. The molecule has 1 atom stereocenters. The Kier molecular flexibility index (Phi) is 5.37. The highest BCUT2D eigenvalue weighted by Crippen LogP contribution is 2.32. The lowest BCUT2D eigenvalue weighted by Gasteiger charge is -2.17. The number of hydrogen-bond donors (Lipinski definition) is 1. The number of carbonyl (C=O) groups excluding carboxylic acids is 2. The van der Waals surface area contributed by atoms with Crippen LogP contribution in [0.3, 0.4) is 0 Å². The minimum atomic E-state index is -0.242. The summed E-state index contributed by atoms with van der Waals surface area (Å²) in [6.07, 6.45) is 3.44. The third-order valence-corrected chi connectivity index (χ3v) is 4.75. The Hall–Kier alpha value is -3.48. The van der Waals surface area contributed by atoms with E-state index in [0.29, 0.717) is 24.7 Å². The van der Waals surface area contributed by atoms with Crippen LogP contribution in [0.4, 0.5) is 5.69 Å². The lowest BCUT2D eigenvalue weighted by atomic mass is 10.2. The van der Waals surface area contributed by atoms with E-state index in [1.54, 1.807) is 11.0 Å². The summed E-state index contributed by atoms with van der Waals surface area (Å²) in [6, 6.07) is 12.6. The number of ether oxygens (including phenoxy) is 3. The molecule has 0 spiro atoms. The van der Waals surface area contributed by atoms with Crippen molar-refractivity contribution in [3.8, 4) is 17.2 Å². The summed E-state index contributed by atoms with van der Waals surface area (Å²) in [6.45, 7) is 3.17. The van der Waals surface area contributed by atoms with Crippen LogP contribution < -0.4 is 24.4 Å². The number of carbonyl (C=O) groups is 2. The number of hydrogen-bond acceptors (Lipinski definition) is 5. The predicted octanol–water partition coefficient (Wildman–Crippen LogP) is 2.75. The predicted molar refractivity (Wildman–Crippen MR) is 108 cm³/mol. The van der Waals surface area contributed by atoms with Gasteiger partial charge in [-0.25, -0.2) is 0 Å². The second-order valence-corrected chi connectivity index (χ2v) is 6.79. The zero-order chi connectivity index (χ0) is 20.2. The van der Waals surface area contributed by atoms with Crippen molar-refractivity contribution in [1.29, 1.82) is 0 Å². The number of benzene rings is 2. The first-order valence-corrected chi connectivity index (χ1v) is 9.54. The Bertz CT molecular complexity index is 939. The summed E-state index contributed by atoms with van der Waals surface area (Å²) in [4.78, 5) is 26.3. The summed E-state index contributed by atoms with van der Waals surface area (Å²) in [5.74, 6) is 1.88. The molecule has 2 amide bonds. The van der Waals surface area contributed by atoms with Crippen molar-refractivity contribution in [2.75, 3.05) is 24.8 Å². The van der Waals surface area contributed by atoms with Crippen molar-refractivity contribution >= 4 is 23.6 Å². The molecular formula is C22H22N2O5. The van der Waals surface area contributed by atoms with Crippen LogP contribution in [0.2, 0.25) is 0 Å². The molecule has 7 heteroatoms. The lowest BCUT2D eigenvalue weighted by Crippen LogP contribution is -2.36. The van der Waals surface area contributed by atoms with Crippen LogP contribution in [0.15, 0.2) is 48.5 Å². The zero-order valence-electron chi connectivity index (χ0n) is 16.1. The number of nitrogens with zero attached hydrogens (tertiary/aromatic N) is 1. The number of rotatable bonds is 6. The van der Waals surface area contributed by atoms with Crippen LogP contribution in [0.1, 0.15) is 18.9 Å². The molecule has 150 valence electrons. The van der Waals surface area contributed by atoms with E-state index < -0.39 is 0 Å². The maximum Gasteiger partial charge on any atom is 0.244 e. The van der Waals surface area contributed by atoms with Crippen LogP contribution in [-0.2, 0) is 9.59 Å². The van der Waals surface area contributed by atoms with Crippen LogP contribution in [0.25, 0.3) is 6.08 Å². The molecule has 2 heterocycles. The molecule has 1 fully saturated rings. The van der Waals surface area contributed by atoms with Gasteiger partial charge in [-0.3, -0.25) is 9.59 Å². The molecule has 7 nitrogen and oxygen atoms in total. The zero-order valence-corrected chi connectivity index (χ0v) is 16.1. The van der Waals surface area contributed by atoms with E-state index in [9.17, 15) is 9.59 Å². The molecule has 29 heavy (non-hydrogen) atoms. The summed E-state index contributed by atoms with van der Waals surface area (Å²) >= 11 is 0. The number of anilines is 1. The van der Waals surface area contributed by atoms with Gasteiger partial charge in [0.05, 0.1) is 12.6 Å². The highest BCUT2D eigenvalue weighted by atomic mass is 16.7. The average Bonchev–Trinajstić information content (AvgIpc) is 3.33. The topological polar surface area (TPSA) is 77.1 Å². The molecule has 0 saturated carbocycles. The van der Waals surface area contributed by atoms with E-state index in [1.165, 1.54) is 6.08 Å². The first kappa shape index (κ1) is 18.9. The van der Waals surface area contributed by atoms with Crippen molar-refractivity contribution in [3.63, 3.8) is 0 Å². The Morgan fingerprint density at radius 2 is 2.00 bits per heavy atom. The molecule has 1 N–H and O–H groups in total. The molecule has 2 aliphatic rings. The van der Waals surface area contributed by atoms with Crippen LogP contribution >= 0.6 is 0 Å². The van der Waals surface area contributed by atoms with Crippen molar-refractivity contribution < 1.29 is 23.8 Å². The molecule has 0 aliphatic carbocycles. The first-order chi connectivity index (χ1) is 14.1. The minimum absolute atomic E-state index is 0.0146. The first-order valence-electron chi connectivity index (χ1n) is 9.54. The van der Waals surface area contributed by atoms with E-state index in [4.69, 9.17) is 14.2 Å². The monoisotopic (exact) mass is 394 g/mol. The Balaban J connectivity index is 1.34. The number of fused-ring (bicyclic) bond motifs is 1.